The molecule has 1 aromatic rings. The molecular formula is C24H35BF3NO5. The lowest BCUT2D eigenvalue weighted by atomic mass is 9.75. The smallest absolute Gasteiger partial charge is 0.444 e. The Morgan fingerprint density at radius 1 is 1.09 bits per heavy atom. The quantitative estimate of drug-likeness (QED) is 0.567. The maximum Gasteiger partial charge on any atom is 0.495 e. The first-order valence-corrected chi connectivity index (χ1v) is 11.6. The molecule has 3 rings (SSSR count). The van der Waals surface area contributed by atoms with E-state index in [0.717, 1.165) is 12.1 Å². The van der Waals surface area contributed by atoms with Crippen LogP contribution in [-0.2, 0) is 31.5 Å². The number of hydrogen-bond acceptors (Lipinski definition) is 5. The van der Waals surface area contributed by atoms with Gasteiger partial charge in [0.1, 0.15) is 5.60 Å². The predicted octanol–water partition coefficient (Wildman–Crippen LogP) is 4.92. The van der Waals surface area contributed by atoms with Crippen molar-refractivity contribution in [2.24, 2.45) is 0 Å². The van der Waals surface area contributed by atoms with E-state index in [1.807, 2.05) is 27.7 Å². The van der Waals surface area contributed by atoms with Crippen LogP contribution in [0.2, 0.25) is 0 Å². The number of amides is 1. The van der Waals surface area contributed by atoms with Crippen molar-refractivity contribution in [2.75, 3.05) is 13.2 Å². The zero-order chi connectivity index (χ0) is 25.5. The summed E-state index contributed by atoms with van der Waals surface area (Å²) >= 11 is 0. The molecule has 10 heteroatoms. The summed E-state index contributed by atoms with van der Waals surface area (Å²) in [4.78, 5) is 14.7. The standard InChI is InChI=1S/C24H35BF3NO5/c1-21(2,3)32-20(30)29(18-10-12-31-13-11-18)15-16-14-17(24(26,27)28)8-9-19(16)25-33-22(4,5)23(6,7)34-25/h8-9,14,18H,10-13,15H2,1-7H3. The minimum absolute atomic E-state index is 0.0666. The van der Waals surface area contributed by atoms with Gasteiger partial charge in [-0.05, 0) is 78.4 Å². The zero-order valence-corrected chi connectivity index (χ0v) is 21.0. The van der Waals surface area contributed by atoms with Crippen LogP contribution in [-0.4, -0.2) is 54.2 Å². The first kappa shape index (κ1) is 26.8. The molecule has 1 aromatic carbocycles. The molecule has 0 aromatic heterocycles. The van der Waals surface area contributed by atoms with Crippen LogP contribution in [0, 0.1) is 0 Å². The van der Waals surface area contributed by atoms with Gasteiger partial charge in [-0.3, -0.25) is 0 Å². The molecule has 2 fully saturated rings. The third kappa shape index (κ3) is 6.07. The van der Waals surface area contributed by atoms with Gasteiger partial charge in [0.25, 0.3) is 0 Å². The predicted molar refractivity (Wildman–Crippen MR) is 123 cm³/mol. The average Bonchev–Trinajstić information content (AvgIpc) is 2.91. The van der Waals surface area contributed by atoms with Crippen molar-refractivity contribution in [2.45, 2.75) is 96.9 Å². The van der Waals surface area contributed by atoms with Crippen LogP contribution in [0.5, 0.6) is 0 Å². The molecule has 2 saturated heterocycles. The molecule has 2 aliphatic heterocycles. The van der Waals surface area contributed by atoms with Gasteiger partial charge < -0.3 is 23.7 Å². The summed E-state index contributed by atoms with van der Waals surface area (Å²) < 4.78 is 64.1. The van der Waals surface area contributed by atoms with Gasteiger partial charge in [-0.1, -0.05) is 12.1 Å². The summed E-state index contributed by atoms with van der Waals surface area (Å²) in [6.07, 6.45) is -3.95. The highest BCUT2D eigenvalue weighted by atomic mass is 19.4. The normalized spacial score (nSPS) is 20.9. The molecule has 0 unspecified atom stereocenters. The van der Waals surface area contributed by atoms with Gasteiger partial charge in [-0.15, -0.1) is 0 Å². The minimum Gasteiger partial charge on any atom is -0.444 e. The van der Waals surface area contributed by atoms with E-state index < -0.39 is 41.8 Å². The molecule has 0 spiro atoms. The molecule has 2 heterocycles. The van der Waals surface area contributed by atoms with Gasteiger partial charge in [0.2, 0.25) is 0 Å². The van der Waals surface area contributed by atoms with Gasteiger partial charge in [0, 0.05) is 25.8 Å². The van der Waals surface area contributed by atoms with Crippen molar-refractivity contribution in [3.8, 4) is 0 Å². The SMILES string of the molecule is CC(C)(C)OC(=O)N(Cc1cc(C(F)(F)F)ccc1B1OC(C)(C)C(C)(C)O1)C1CCOCC1. The zero-order valence-electron chi connectivity index (χ0n) is 21.0. The fraction of sp³-hybridized carbons (Fsp3) is 0.708. The fourth-order valence-corrected chi connectivity index (χ4v) is 3.96. The Morgan fingerprint density at radius 2 is 1.65 bits per heavy atom. The fourth-order valence-electron chi connectivity index (χ4n) is 3.96. The highest BCUT2D eigenvalue weighted by molar-refractivity contribution is 6.62. The van der Waals surface area contributed by atoms with Crippen molar-refractivity contribution >= 4 is 18.7 Å². The monoisotopic (exact) mass is 485 g/mol. The van der Waals surface area contributed by atoms with Crippen LogP contribution < -0.4 is 5.46 Å². The number of hydrogen-bond donors (Lipinski definition) is 0. The highest BCUT2D eigenvalue weighted by Gasteiger charge is 2.52. The number of carbonyl (C=O) groups is 1. The Morgan fingerprint density at radius 3 is 2.15 bits per heavy atom. The lowest BCUT2D eigenvalue weighted by Gasteiger charge is -2.36. The second-order valence-electron chi connectivity index (χ2n) is 11.0. The number of halogens is 3. The second-order valence-corrected chi connectivity index (χ2v) is 11.0. The number of benzene rings is 1. The molecule has 190 valence electrons. The molecule has 0 bridgehead atoms. The van der Waals surface area contributed by atoms with Crippen LogP contribution in [0.4, 0.5) is 18.0 Å². The largest absolute Gasteiger partial charge is 0.495 e. The van der Waals surface area contributed by atoms with Gasteiger partial charge >= 0.3 is 19.4 Å². The van der Waals surface area contributed by atoms with Crippen molar-refractivity contribution in [3.05, 3.63) is 29.3 Å². The molecule has 2 aliphatic rings. The topological polar surface area (TPSA) is 57.2 Å². The van der Waals surface area contributed by atoms with Crippen LogP contribution in [0.1, 0.15) is 72.4 Å². The number of carbonyl (C=O) groups excluding carboxylic acids is 1. The molecule has 34 heavy (non-hydrogen) atoms. The molecule has 0 N–H and O–H groups in total. The Kier molecular flexibility index (Phi) is 7.38. The van der Waals surface area contributed by atoms with Gasteiger partial charge in [0.15, 0.2) is 0 Å². The van der Waals surface area contributed by atoms with E-state index in [0.29, 0.717) is 37.1 Å². The number of nitrogens with zero attached hydrogens (tertiary/aromatic N) is 1. The van der Waals surface area contributed by atoms with Crippen molar-refractivity contribution in [1.82, 2.24) is 4.90 Å². The molecule has 0 aliphatic carbocycles. The molecule has 6 nitrogen and oxygen atoms in total. The number of ether oxygens (including phenoxy) is 2. The van der Waals surface area contributed by atoms with E-state index in [4.69, 9.17) is 18.8 Å². The average molecular weight is 485 g/mol. The summed E-state index contributed by atoms with van der Waals surface area (Å²) in [6.45, 7) is 13.7. The summed E-state index contributed by atoms with van der Waals surface area (Å²) in [7, 11) is -0.863. The van der Waals surface area contributed by atoms with Crippen molar-refractivity contribution in [3.63, 3.8) is 0 Å². The van der Waals surface area contributed by atoms with E-state index >= 15 is 0 Å². The Hall–Kier alpha value is -1.78. The van der Waals surface area contributed by atoms with E-state index in [9.17, 15) is 18.0 Å². The summed E-state index contributed by atoms with van der Waals surface area (Å²) in [5, 5.41) is 0. The van der Waals surface area contributed by atoms with Gasteiger partial charge in [-0.2, -0.15) is 13.2 Å². The first-order valence-electron chi connectivity index (χ1n) is 11.6. The first-order chi connectivity index (χ1) is 15.5. The summed E-state index contributed by atoms with van der Waals surface area (Å²) in [5.74, 6) is 0. The maximum absolute atomic E-state index is 13.6. The van der Waals surface area contributed by atoms with Crippen molar-refractivity contribution < 1.29 is 36.7 Å². The second kappa shape index (κ2) is 9.35. The van der Waals surface area contributed by atoms with E-state index in [-0.39, 0.29) is 12.6 Å². The van der Waals surface area contributed by atoms with E-state index in [1.54, 1.807) is 20.8 Å². The minimum atomic E-state index is -4.53. The Labute approximate surface area is 200 Å². The number of rotatable bonds is 4. The summed E-state index contributed by atoms with van der Waals surface area (Å²) in [5.41, 5.74) is -2.09. The lowest BCUT2D eigenvalue weighted by molar-refractivity contribution is -0.137. The van der Waals surface area contributed by atoms with Gasteiger partial charge in [0.05, 0.1) is 16.8 Å². The lowest BCUT2D eigenvalue weighted by Crippen LogP contribution is -2.47. The van der Waals surface area contributed by atoms with Crippen LogP contribution in [0.3, 0.4) is 0 Å². The van der Waals surface area contributed by atoms with E-state index in [1.165, 1.54) is 11.0 Å². The molecule has 1 amide bonds. The van der Waals surface area contributed by atoms with Gasteiger partial charge in [-0.25, -0.2) is 4.79 Å². The third-order valence-corrected chi connectivity index (χ3v) is 6.58. The summed E-state index contributed by atoms with van der Waals surface area (Å²) in [6, 6.07) is 3.27. The van der Waals surface area contributed by atoms with Crippen LogP contribution in [0.15, 0.2) is 18.2 Å². The molecule has 0 atom stereocenters. The number of alkyl halides is 3. The van der Waals surface area contributed by atoms with Crippen molar-refractivity contribution in [1.29, 1.82) is 0 Å². The maximum atomic E-state index is 13.6. The molecule has 0 saturated carbocycles. The highest BCUT2D eigenvalue weighted by Crippen LogP contribution is 2.37. The van der Waals surface area contributed by atoms with E-state index in [2.05, 4.69) is 0 Å². The Bertz CT molecular complexity index is 876. The van der Waals surface area contributed by atoms with Crippen LogP contribution in [0.25, 0.3) is 0 Å². The Balaban J connectivity index is 2.02. The molecular weight excluding hydrogens is 450 g/mol. The molecule has 0 radical (unpaired) electrons. The third-order valence-electron chi connectivity index (χ3n) is 6.58. The van der Waals surface area contributed by atoms with Crippen LogP contribution >= 0.6 is 0 Å².